The Labute approximate surface area is 200 Å². The summed E-state index contributed by atoms with van der Waals surface area (Å²) in [7, 11) is -13.0. The first-order valence-corrected chi connectivity index (χ1v) is 28.4. The predicted octanol–water partition coefficient (Wildman–Crippen LogP) is 5.31. The molecule has 0 aliphatic carbocycles. The number of carbonyl (C=O) groups is 2. The largest absolute Gasteiger partial charge is 0.479 e. The number of hydrogen-bond acceptors (Lipinski definition) is 5. The Balaban J connectivity index is 8.08. The standard InChI is InChI=1S/C20H48O7Si5/c1-28(2,3)19(26-31(10,11)12,16(17(21)22)25-30(7,8)9)20(18(23)24,29(4,5)6)27-32(13,14)15/h16H,1-15H3,(H,21,22)(H,23,24)/t16-,19-,20+/m1/s1. The first-order chi connectivity index (χ1) is 13.6. The maximum absolute atomic E-state index is 13.5. The molecule has 7 nitrogen and oxygen atoms in total. The van der Waals surface area contributed by atoms with E-state index in [0.29, 0.717) is 0 Å². The molecule has 0 spiro atoms. The summed E-state index contributed by atoms with van der Waals surface area (Å²) in [6, 6.07) is 0. The van der Waals surface area contributed by atoms with Crippen molar-refractivity contribution >= 4 is 53.0 Å². The van der Waals surface area contributed by atoms with Gasteiger partial charge in [-0.15, -0.1) is 0 Å². The van der Waals surface area contributed by atoms with Crippen LogP contribution >= 0.6 is 0 Å². The van der Waals surface area contributed by atoms with Gasteiger partial charge in [-0.3, -0.25) is 0 Å². The molecule has 2 N–H and O–H groups in total. The van der Waals surface area contributed by atoms with E-state index in [1.54, 1.807) is 0 Å². The Hall–Kier alpha value is -0.0956. The van der Waals surface area contributed by atoms with Gasteiger partial charge in [0.2, 0.25) is 0 Å². The first-order valence-electron chi connectivity index (χ1n) is 11.2. The van der Waals surface area contributed by atoms with Gasteiger partial charge in [-0.1, -0.05) is 39.3 Å². The molecule has 0 aliphatic rings. The fourth-order valence-corrected chi connectivity index (χ4v) is 18.6. The molecule has 0 heterocycles. The molecule has 12 heteroatoms. The molecule has 0 aromatic heterocycles. The quantitative estimate of drug-likeness (QED) is 0.323. The van der Waals surface area contributed by atoms with Crippen LogP contribution in [-0.2, 0) is 22.9 Å². The molecule has 0 aromatic rings. The minimum Gasteiger partial charge on any atom is -0.479 e. The average molecular weight is 541 g/mol. The lowest BCUT2D eigenvalue weighted by Gasteiger charge is -2.63. The normalized spacial score (nSPS) is 19.1. The molecule has 0 rings (SSSR count). The van der Waals surface area contributed by atoms with Crippen LogP contribution in [0.1, 0.15) is 0 Å². The van der Waals surface area contributed by atoms with E-state index in [-0.39, 0.29) is 0 Å². The van der Waals surface area contributed by atoms with Crippen molar-refractivity contribution < 1.29 is 33.1 Å². The molecule has 0 aromatic carbocycles. The molecule has 0 bridgehead atoms. The predicted molar refractivity (Wildman–Crippen MR) is 145 cm³/mol. The molecule has 0 aliphatic heterocycles. The van der Waals surface area contributed by atoms with E-state index >= 15 is 0 Å². The van der Waals surface area contributed by atoms with Crippen LogP contribution in [0, 0.1) is 0 Å². The lowest BCUT2D eigenvalue weighted by atomic mass is 10.1. The number of hydrogen-bond donors (Lipinski definition) is 2. The maximum atomic E-state index is 13.5. The minimum atomic E-state index is -2.82. The Kier molecular flexibility index (Phi) is 9.48. The van der Waals surface area contributed by atoms with Crippen LogP contribution in [0.3, 0.4) is 0 Å². The fraction of sp³-hybridized carbons (Fsp3) is 0.900. The lowest BCUT2D eigenvalue weighted by molar-refractivity contribution is -0.177. The van der Waals surface area contributed by atoms with Crippen LogP contribution in [0.25, 0.3) is 0 Å². The summed E-state index contributed by atoms with van der Waals surface area (Å²) < 4.78 is 20.0. The first kappa shape index (κ1) is 31.9. The topological polar surface area (TPSA) is 102 Å². The monoisotopic (exact) mass is 540 g/mol. The van der Waals surface area contributed by atoms with E-state index in [4.69, 9.17) is 13.3 Å². The Bertz CT molecular complexity index is 696. The highest BCUT2D eigenvalue weighted by Crippen LogP contribution is 2.50. The van der Waals surface area contributed by atoms with Gasteiger partial charge in [0.1, 0.15) is 5.22 Å². The molecular weight excluding hydrogens is 493 g/mol. The summed E-state index contributed by atoms with van der Waals surface area (Å²) in [6.07, 6.45) is -1.44. The Morgan fingerprint density at radius 2 is 1.00 bits per heavy atom. The number of carboxylic acids is 2. The van der Waals surface area contributed by atoms with Crippen LogP contribution in [0.4, 0.5) is 0 Å². The molecule has 0 saturated carbocycles. The maximum Gasteiger partial charge on any atom is 0.334 e. The zero-order valence-electron chi connectivity index (χ0n) is 23.0. The van der Waals surface area contributed by atoms with Gasteiger partial charge >= 0.3 is 11.9 Å². The van der Waals surface area contributed by atoms with E-state index in [9.17, 15) is 19.8 Å². The van der Waals surface area contributed by atoms with Crippen molar-refractivity contribution in [3.63, 3.8) is 0 Å². The second kappa shape index (κ2) is 9.51. The highest BCUT2D eigenvalue weighted by atomic mass is 28.4. The van der Waals surface area contributed by atoms with Crippen LogP contribution in [0.2, 0.25) is 98.2 Å². The average Bonchev–Trinajstić information content (AvgIpc) is 2.42. The van der Waals surface area contributed by atoms with Gasteiger partial charge in [0.25, 0.3) is 0 Å². The molecule has 32 heavy (non-hydrogen) atoms. The van der Waals surface area contributed by atoms with E-state index < -0.39 is 69.6 Å². The summed E-state index contributed by atoms with van der Waals surface area (Å²) >= 11 is 0. The van der Waals surface area contributed by atoms with E-state index in [1.165, 1.54) is 0 Å². The van der Waals surface area contributed by atoms with Crippen molar-refractivity contribution in [3.05, 3.63) is 0 Å². The summed E-state index contributed by atoms with van der Waals surface area (Å²) in [5, 5.41) is 18.2. The van der Waals surface area contributed by atoms with Crippen LogP contribution in [0.5, 0.6) is 0 Å². The van der Waals surface area contributed by atoms with Gasteiger partial charge in [-0.2, -0.15) is 0 Å². The number of rotatable bonds is 12. The lowest BCUT2D eigenvalue weighted by Crippen LogP contribution is -2.87. The third-order valence-corrected chi connectivity index (χ3v) is 14.2. The molecule has 0 amide bonds. The van der Waals surface area contributed by atoms with Crippen molar-refractivity contribution in [2.75, 3.05) is 0 Å². The molecule has 0 fully saturated rings. The van der Waals surface area contributed by atoms with Crippen LogP contribution < -0.4 is 0 Å². The summed E-state index contributed by atoms with van der Waals surface area (Å²) in [5.41, 5.74) is 0. The third-order valence-electron chi connectivity index (χ3n) is 4.99. The van der Waals surface area contributed by atoms with E-state index in [0.717, 1.165) is 0 Å². The molecule has 3 atom stereocenters. The molecule has 0 saturated heterocycles. The fourth-order valence-electron chi connectivity index (χ4n) is 4.30. The smallest absolute Gasteiger partial charge is 0.334 e. The highest BCUT2D eigenvalue weighted by Gasteiger charge is 2.76. The van der Waals surface area contributed by atoms with Crippen molar-refractivity contribution in [2.24, 2.45) is 0 Å². The van der Waals surface area contributed by atoms with Gasteiger partial charge in [-0.05, 0) is 58.9 Å². The zero-order valence-corrected chi connectivity index (χ0v) is 28.0. The highest BCUT2D eigenvalue weighted by molar-refractivity contribution is 6.90. The van der Waals surface area contributed by atoms with E-state index in [2.05, 4.69) is 0 Å². The summed E-state index contributed by atoms with van der Waals surface area (Å²) in [5.74, 6) is -2.32. The van der Waals surface area contributed by atoms with Crippen molar-refractivity contribution in [2.45, 2.75) is 115 Å². The molecule has 190 valence electrons. The van der Waals surface area contributed by atoms with Crippen LogP contribution in [-0.4, -0.2) is 79.8 Å². The summed E-state index contributed by atoms with van der Waals surface area (Å²) in [4.78, 5) is 26.4. The van der Waals surface area contributed by atoms with Crippen molar-refractivity contribution in [1.29, 1.82) is 0 Å². The number of aliphatic carboxylic acids is 2. The second-order valence-corrected chi connectivity index (χ2v) is 37.4. The second-order valence-electron chi connectivity index (χ2n) is 13.6. The Morgan fingerprint density at radius 3 is 1.19 bits per heavy atom. The third kappa shape index (κ3) is 6.96. The van der Waals surface area contributed by atoms with Gasteiger partial charge in [0.15, 0.2) is 36.3 Å². The van der Waals surface area contributed by atoms with Crippen LogP contribution in [0.15, 0.2) is 0 Å². The zero-order chi connectivity index (χ0) is 26.4. The Morgan fingerprint density at radius 1 is 0.625 bits per heavy atom. The van der Waals surface area contributed by atoms with E-state index in [1.807, 2.05) is 98.2 Å². The SMILES string of the molecule is C[Si](C)(C)O[C@H](C(=O)O)[C@](O[Si](C)(C)C)([C@](O[Si](C)(C)C)(C(=O)O)[Si](C)(C)C)[Si](C)(C)C. The van der Waals surface area contributed by atoms with Gasteiger partial charge < -0.3 is 23.5 Å². The van der Waals surface area contributed by atoms with Gasteiger partial charge in [0.05, 0.1) is 16.1 Å². The molecule has 0 radical (unpaired) electrons. The van der Waals surface area contributed by atoms with Gasteiger partial charge in [0, 0.05) is 0 Å². The van der Waals surface area contributed by atoms with Crippen molar-refractivity contribution in [1.82, 2.24) is 0 Å². The molecular formula is C20H48O7Si5. The minimum absolute atomic E-state index is 1.13. The van der Waals surface area contributed by atoms with Crippen molar-refractivity contribution in [3.8, 4) is 0 Å². The number of carboxylic acid groups (broad SMARTS) is 2. The summed E-state index contributed by atoms with van der Waals surface area (Å²) in [6.45, 7) is 29.3. The van der Waals surface area contributed by atoms with Gasteiger partial charge in [-0.25, -0.2) is 9.59 Å². The molecule has 0 unspecified atom stereocenters.